The number of carbonyl (C=O) groups is 4. The van der Waals surface area contributed by atoms with Crippen LogP contribution in [0.5, 0.6) is 5.75 Å². The number of thiazole rings is 1. The standard InChI is InChI=1S/C31H24ClN3O7S2/c1-2-41-30(39)16-7-13-19(14-8-16)35-28(37)24-23(25-27(34-31(40)44-25)43-26(24)29(35)38)20-5-3-4-6-21(20)42-15-22(36)33-18-11-9-17(32)10-12-18/h3-14,23-24,26H,2,15H2,1H3,(H,33,36)(H,34,40)/t23-,24?,26?/m1/s1. The Bertz CT molecular complexity index is 1820. The van der Waals surface area contributed by atoms with E-state index in [2.05, 4.69) is 10.3 Å². The molecule has 6 rings (SSSR count). The van der Waals surface area contributed by atoms with Crippen molar-refractivity contribution in [2.75, 3.05) is 23.4 Å². The number of ether oxygens (including phenoxy) is 2. The van der Waals surface area contributed by atoms with Gasteiger partial charge in [0.15, 0.2) is 6.61 Å². The van der Waals surface area contributed by atoms with E-state index in [0.717, 1.165) is 28.0 Å². The first kappa shape index (κ1) is 29.7. The molecule has 3 atom stereocenters. The van der Waals surface area contributed by atoms with Crippen molar-refractivity contribution < 1.29 is 28.7 Å². The minimum atomic E-state index is -0.858. The zero-order valence-corrected chi connectivity index (χ0v) is 25.5. The van der Waals surface area contributed by atoms with Gasteiger partial charge in [-0.3, -0.25) is 19.2 Å². The number of benzene rings is 3. The lowest BCUT2D eigenvalue weighted by Crippen LogP contribution is -2.32. The number of thioether (sulfide) groups is 1. The summed E-state index contributed by atoms with van der Waals surface area (Å²) < 4.78 is 11.0. The maximum atomic E-state index is 14.1. The Morgan fingerprint density at radius 2 is 1.70 bits per heavy atom. The molecule has 1 aromatic heterocycles. The maximum Gasteiger partial charge on any atom is 0.338 e. The molecule has 0 bridgehead atoms. The van der Waals surface area contributed by atoms with E-state index in [0.29, 0.717) is 43.2 Å². The third kappa shape index (κ3) is 5.63. The molecule has 10 nitrogen and oxygen atoms in total. The van der Waals surface area contributed by atoms with Crippen molar-refractivity contribution in [2.45, 2.75) is 23.1 Å². The number of imide groups is 1. The van der Waals surface area contributed by atoms with E-state index in [-0.39, 0.29) is 18.1 Å². The number of nitrogens with one attached hydrogen (secondary N) is 2. The first-order chi connectivity index (χ1) is 21.2. The summed E-state index contributed by atoms with van der Waals surface area (Å²) in [5.74, 6) is -3.00. The van der Waals surface area contributed by atoms with Gasteiger partial charge in [0.1, 0.15) is 11.0 Å². The molecule has 0 aliphatic carbocycles. The monoisotopic (exact) mass is 649 g/mol. The molecule has 3 aromatic carbocycles. The zero-order valence-electron chi connectivity index (χ0n) is 23.1. The molecule has 3 heterocycles. The second kappa shape index (κ2) is 12.3. The van der Waals surface area contributed by atoms with Crippen LogP contribution < -0.4 is 19.8 Å². The van der Waals surface area contributed by atoms with Gasteiger partial charge in [-0.05, 0) is 61.5 Å². The molecule has 0 saturated carbocycles. The lowest BCUT2D eigenvalue weighted by atomic mass is 9.82. The van der Waals surface area contributed by atoms with Crippen LogP contribution in [0.25, 0.3) is 0 Å². The summed E-state index contributed by atoms with van der Waals surface area (Å²) in [6.07, 6.45) is 0. The van der Waals surface area contributed by atoms with Crippen LogP contribution in [0.15, 0.2) is 82.6 Å². The number of para-hydroxylation sites is 1. The molecule has 224 valence electrons. The van der Waals surface area contributed by atoms with Crippen LogP contribution in [0.4, 0.5) is 11.4 Å². The van der Waals surface area contributed by atoms with E-state index >= 15 is 0 Å². The quantitative estimate of drug-likeness (QED) is 0.199. The van der Waals surface area contributed by atoms with Gasteiger partial charge in [0, 0.05) is 27.1 Å². The Labute approximate surface area is 264 Å². The van der Waals surface area contributed by atoms with Gasteiger partial charge in [-0.2, -0.15) is 0 Å². The zero-order chi connectivity index (χ0) is 31.0. The molecule has 1 saturated heterocycles. The van der Waals surface area contributed by atoms with Crippen LogP contribution in [0.3, 0.4) is 0 Å². The molecule has 44 heavy (non-hydrogen) atoms. The largest absolute Gasteiger partial charge is 0.483 e. The third-order valence-electron chi connectivity index (χ3n) is 7.20. The Morgan fingerprint density at radius 1 is 0.977 bits per heavy atom. The Kier molecular flexibility index (Phi) is 8.30. The number of rotatable bonds is 8. The van der Waals surface area contributed by atoms with Crippen molar-refractivity contribution in [2.24, 2.45) is 5.92 Å². The summed E-state index contributed by atoms with van der Waals surface area (Å²) in [6.45, 7) is 1.60. The minimum Gasteiger partial charge on any atom is -0.483 e. The van der Waals surface area contributed by atoms with Gasteiger partial charge >= 0.3 is 10.8 Å². The molecule has 13 heteroatoms. The van der Waals surface area contributed by atoms with Crippen LogP contribution in [0.1, 0.15) is 33.6 Å². The SMILES string of the molecule is CCOC(=O)c1ccc(N2C(=O)C3Sc4[nH]c(=O)sc4[C@H](c4ccccc4OCC(=O)Nc4ccc(Cl)cc4)C3C2=O)cc1. The van der Waals surface area contributed by atoms with Crippen LogP contribution in [0.2, 0.25) is 5.02 Å². The van der Waals surface area contributed by atoms with Crippen molar-refractivity contribution in [1.29, 1.82) is 0 Å². The van der Waals surface area contributed by atoms with E-state index in [1.165, 1.54) is 24.3 Å². The number of anilines is 2. The number of aromatic amines is 1. The molecule has 4 aromatic rings. The van der Waals surface area contributed by atoms with Gasteiger partial charge in [-0.1, -0.05) is 52.9 Å². The maximum absolute atomic E-state index is 14.1. The number of esters is 1. The van der Waals surface area contributed by atoms with Gasteiger partial charge in [0.2, 0.25) is 11.8 Å². The molecule has 3 amide bonds. The molecule has 2 unspecified atom stereocenters. The van der Waals surface area contributed by atoms with Crippen LogP contribution in [-0.2, 0) is 19.1 Å². The van der Waals surface area contributed by atoms with Gasteiger partial charge in [-0.15, -0.1) is 0 Å². The fraction of sp³-hybridized carbons (Fsp3) is 0.194. The highest BCUT2D eigenvalue weighted by molar-refractivity contribution is 8.00. The van der Waals surface area contributed by atoms with Gasteiger partial charge in [-0.25, -0.2) is 9.69 Å². The number of fused-ring (bicyclic) bond motifs is 2. The number of aromatic nitrogens is 1. The van der Waals surface area contributed by atoms with E-state index in [9.17, 15) is 24.0 Å². The van der Waals surface area contributed by atoms with Crippen LogP contribution in [0, 0.1) is 5.92 Å². The van der Waals surface area contributed by atoms with E-state index in [1.54, 1.807) is 55.5 Å². The third-order valence-corrected chi connectivity index (χ3v) is 9.85. The molecule has 0 radical (unpaired) electrons. The number of hydrogen-bond acceptors (Lipinski definition) is 9. The average molecular weight is 650 g/mol. The van der Waals surface area contributed by atoms with E-state index in [1.807, 2.05) is 0 Å². The molecule has 2 N–H and O–H groups in total. The smallest absolute Gasteiger partial charge is 0.338 e. The van der Waals surface area contributed by atoms with E-state index < -0.39 is 40.8 Å². The number of H-pyrrole nitrogens is 1. The highest BCUT2D eigenvalue weighted by Gasteiger charge is 2.56. The first-order valence-electron chi connectivity index (χ1n) is 13.6. The van der Waals surface area contributed by atoms with E-state index in [4.69, 9.17) is 21.1 Å². The summed E-state index contributed by atoms with van der Waals surface area (Å²) in [4.78, 5) is 69.4. The van der Waals surface area contributed by atoms with Crippen LogP contribution >= 0.6 is 34.7 Å². The van der Waals surface area contributed by atoms with Crippen molar-refractivity contribution in [1.82, 2.24) is 4.98 Å². The number of nitrogens with zero attached hydrogens (tertiary/aromatic N) is 1. The normalized spacial score (nSPS) is 18.9. The number of amides is 3. The molecule has 1 fully saturated rings. The molecule has 2 aliphatic heterocycles. The highest BCUT2D eigenvalue weighted by atomic mass is 35.5. The van der Waals surface area contributed by atoms with Crippen molar-refractivity contribution in [3.63, 3.8) is 0 Å². The lowest BCUT2D eigenvalue weighted by molar-refractivity contribution is -0.122. The lowest BCUT2D eigenvalue weighted by Gasteiger charge is -2.30. The van der Waals surface area contributed by atoms with Gasteiger partial charge in [0.25, 0.3) is 5.91 Å². The predicted molar refractivity (Wildman–Crippen MR) is 167 cm³/mol. The summed E-state index contributed by atoms with van der Waals surface area (Å²) in [5.41, 5.74) is 1.74. The summed E-state index contributed by atoms with van der Waals surface area (Å²) in [5, 5.41) is 2.98. The van der Waals surface area contributed by atoms with Gasteiger partial charge in [0.05, 0.1) is 28.8 Å². The van der Waals surface area contributed by atoms with Crippen molar-refractivity contribution >= 4 is 69.8 Å². The molecule has 2 aliphatic rings. The Balaban J connectivity index is 1.31. The van der Waals surface area contributed by atoms with Gasteiger partial charge < -0.3 is 19.8 Å². The van der Waals surface area contributed by atoms with Crippen LogP contribution in [-0.4, -0.2) is 47.1 Å². The topological polar surface area (TPSA) is 135 Å². The Morgan fingerprint density at radius 3 is 2.43 bits per heavy atom. The number of hydrogen-bond donors (Lipinski definition) is 2. The van der Waals surface area contributed by atoms with Crippen molar-refractivity contribution in [3.05, 3.63) is 103 Å². The summed E-state index contributed by atoms with van der Waals surface area (Å²) in [7, 11) is 0. The molecular formula is C31H24ClN3O7S2. The minimum absolute atomic E-state index is 0.218. The average Bonchev–Trinajstić information content (AvgIpc) is 3.51. The summed E-state index contributed by atoms with van der Waals surface area (Å²) >= 11 is 8.05. The second-order valence-corrected chi connectivity index (χ2v) is 12.5. The molecular weight excluding hydrogens is 626 g/mol. The highest BCUT2D eigenvalue weighted by Crippen LogP contribution is 2.54. The first-order valence-corrected chi connectivity index (χ1v) is 15.6. The Hall–Kier alpha value is -4.39. The van der Waals surface area contributed by atoms with Crippen molar-refractivity contribution in [3.8, 4) is 5.75 Å². The number of carbonyl (C=O) groups excluding carboxylic acids is 4. The molecule has 0 spiro atoms. The number of halogens is 1. The predicted octanol–water partition coefficient (Wildman–Crippen LogP) is 5.08. The fourth-order valence-corrected chi connectivity index (χ4v) is 7.94. The fourth-order valence-electron chi connectivity index (χ4n) is 5.31. The summed E-state index contributed by atoms with van der Waals surface area (Å²) in [6, 6.07) is 19.7. The second-order valence-electron chi connectivity index (χ2n) is 9.91.